The maximum atomic E-state index is 10.0. The van der Waals surface area contributed by atoms with Gasteiger partial charge < -0.3 is 50.0 Å². The van der Waals surface area contributed by atoms with Crippen LogP contribution in [0.5, 0.6) is 0 Å². The van der Waals surface area contributed by atoms with Crippen LogP contribution in [0.2, 0.25) is 0 Å². The molecule has 2 fully saturated rings. The molecule has 2 aliphatic rings. The molecule has 10 atom stereocenters. The molecule has 2 heterocycles. The van der Waals surface area contributed by atoms with E-state index in [1.54, 1.807) is 6.92 Å². The van der Waals surface area contributed by atoms with Crippen molar-refractivity contribution in [1.82, 2.24) is 0 Å². The lowest BCUT2D eigenvalue weighted by molar-refractivity contribution is -0.350. The number of aliphatic hydroxyl groups is 7. The van der Waals surface area contributed by atoms with Crippen LogP contribution >= 0.6 is 0 Å². The summed E-state index contributed by atoms with van der Waals surface area (Å²) >= 11 is 0. The molecule has 0 saturated carbocycles. The molecule has 136 valence electrons. The summed E-state index contributed by atoms with van der Waals surface area (Å²) in [5.41, 5.74) is 0. The van der Waals surface area contributed by atoms with Crippen LogP contribution in [0.1, 0.15) is 6.92 Å². The monoisotopic (exact) mass is 340 g/mol. The third-order valence-electron chi connectivity index (χ3n) is 4.37. The van der Waals surface area contributed by atoms with Crippen LogP contribution in [-0.2, 0) is 14.2 Å². The van der Waals surface area contributed by atoms with E-state index in [1.807, 2.05) is 0 Å². The SMILES string of the molecule is C[C@H]1C(CO)O[C@@H](O[C@H]2C(CO)O[C@@H](O)C(O)[C@@H]2O)C(O)[C@@H]1O. The van der Waals surface area contributed by atoms with Gasteiger partial charge in [-0.2, -0.15) is 0 Å². The summed E-state index contributed by atoms with van der Waals surface area (Å²) in [5, 5.41) is 67.6. The van der Waals surface area contributed by atoms with Crippen LogP contribution < -0.4 is 0 Å². The van der Waals surface area contributed by atoms with E-state index in [4.69, 9.17) is 14.2 Å². The lowest BCUT2D eigenvalue weighted by Gasteiger charge is -2.45. The minimum atomic E-state index is -1.70. The fourth-order valence-corrected chi connectivity index (χ4v) is 2.78. The first-order chi connectivity index (χ1) is 10.8. The number of aliphatic hydroxyl groups excluding tert-OH is 7. The van der Waals surface area contributed by atoms with Crippen molar-refractivity contribution in [3.63, 3.8) is 0 Å². The first-order valence-electron chi connectivity index (χ1n) is 7.40. The fraction of sp³-hybridized carbons (Fsp3) is 1.00. The molecule has 0 bridgehead atoms. The van der Waals surface area contributed by atoms with Gasteiger partial charge in [0, 0.05) is 5.92 Å². The average Bonchev–Trinajstić information content (AvgIpc) is 2.55. The molecule has 0 aliphatic carbocycles. The Morgan fingerprint density at radius 3 is 1.96 bits per heavy atom. The van der Waals surface area contributed by atoms with E-state index in [9.17, 15) is 35.7 Å². The highest BCUT2D eigenvalue weighted by Crippen LogP contribution is 2.30. The molecule has 4 unspecified atom stereocenters. The molecular weight excluding hydrogens is 316 g/mol. The molecule has 0 aromatic rings. The Balaban J connectivity index is 2.11. The van der Waals surface area contributed by atoms with Crippen molar-refractivity contribution < 1.29 is 50.0 Å². The molecule has 0 amide bonds. The zero-order valence-electron chi connectivity index (χ0n) is 12.5. The third-order valence-corrected chi connectivity index (χ3v) is 4.37. The zero-order valence-corrected chi connectivity index (χ0v) is 12.5. The molecule has 10 heteroatoms. The summed E-state index contributed by atoms with van der Waals surface area (Å²) in [6.07, 6.45) is -12.4. The predicted octanol–water partition coefficient (Wildman–Crippen LogP) is -4.12. The van der Waals surface area contributed by atoms with Crippen LogP contribution in [-0.4, -0.2) is 104 Å². The summed E-state index contributed by atoms with van der Waals surface area (Å²) in [5.74, 6) is -0.552. The maximum Gasteiger partial charge on any atom is 0.187 e. The van der Waals surface area contributed by atoms with Gasteiger partial charge in [0.1, 0.15) is 30.5 Å². The second-order valence-electron chi connectivity index (χ2n) is 5.90. The van der Waals surface area contributed by atoms with Crippen molar-refractivity contribution in [3.8, 4) is 0 Å². The first-order valence-corrected chi connectivity index (χ1v) is 7.40. The Kier molecular flexibility index (Phi) is 6.30. The molecule has 2 rings (SSSR count). The summed E-state index contributed by atoms with van der Waals surface area (Å²) < 4.78 is 15.7. The van der Waals surface area contributed by atoms with Crippen LogP contribution in [0.3, 0.4) is 0 Å². The van der Waals surface area contributed by atoms with Crippen LogP contribution in [0.25, 0.3) is 0 Å². The lowest BCUT2D eigenvalue weighted by Crippen LogP contribution is -2.63. The van der Waals surface area contributed by atoms with Crippen molar-refractivity contribution in [3.05, 3.63) is 0 Å². The fourth-order valence-electron chi connectivity index (χ4n) is 2.78. The smallest absolute Gasteiger partial charge is 0.187 e. The Morgan fingerprint density at radius 2 is 1.39 bits per heavy atom. The van der Waals surface area contributed by atoms with Crippen molar-refractivity contribution in [2.24, 2.45) is 5.92 Å². The first kappa shape index (κ1) is 18.9. The van der Waals surface area contributed by atoms with Crippen molar-refractivity contribution in [2.45, 2.75) is 62.2 Å². The second-order valence-corrected chi connectivity index (χ2v) is 5.90. The Hall–Kier alpha value is -0.400. The van der Waals surface area contributed by atoms with Crippen LogP contribution in [0, 0.1) is 5.92 Å². The largest absolute Gasteiger partial charge is 0.394 e. The van der Waals surface area contributed by atoms with Gasteiger partial charge >= 0.3 is 0 Å². The zero-order chi connectivity index (χ0) is 17.3. The van der Waals surface area contributed by atoms with Gasteiger partial charge in [-0.3, -0.25) is 0 Å². The normalized spacial score (nSPS) is 51.7. The Labute approximate surface area is 132 Å². The highest BCUT2D eigenvalue weighted by molar-refractivity contribution is 4.92. The van der Waals surface area contributed by atoms with E-state index < -0.39 is 74.4 Å². The van der Waals surface area contributed by atoms with Gasteiger partial charge in [0.2, 0.25) is 0 Å². The Morgan fingerprint density at radius 1 is 0.783 bits per heavy atom. The lowest BCUT2D eigenvalue weighted by atomic mass is 9.91. The predicted molar refractivity (Wildman–Crippen MR) is 71.8 cm³/mol. The number of hydrogen-bond acceptors (Lipinski definition) is 10. The van der Waals surface area contributed by atoms with Gasteiger partial charge in [0.25, 0.3) is 0 Å². The van der Waals surface area contributed by atoms with Gasteiger partial charge in [0.05, 0.1) is 25.4 Å². The third kappa shape index (κ3) is 3.66. The molecule has 0 spiro atoms. The maximum absolute atomic E-state index is 10.0. The molecular formula is C13H24O10. The van der Waals surface area contributed by atoms with E-state index in [-0.39, 0.29) is 0 Å². The summed E-state index contributed by atoms with van der Waals surface area (Å²) in [7, 11) is 0. The van der Waals surface area contributed by atoms with E-state index in [2.05, 4.69) is 0 Å². The van der Waals surface area contributed by atoms with Gasteiger partial charge in [-0.05, 0) is 0 Å². The van der Waals surface area contributed by atoms with E-state index >= 15 is 0 Å². The highest BCUT2D eigenvalue weighted by Gasteiger charge is 2.49. The molecule has 2 saturated heterocycles. The van der Waals surface area contributed by atoms with Gasteiger partial charge in [-0.25, -0.2) is 0 Å². The van der Waals surface area contributed by atoms with Gasteiger partial charge in [-0.15, -0.1) is 0 Å². The number of rotatable bonds is 4. The van der Waals surface area contributed by atoms with E-state index in [0.717, 1.165) is 0 Å². The van der Waals surface area contributed by atoms with E-state index in [1.165, 1.54) is 0 Å². The van der Waals surface area contributed by atoms with Crippen molar-refractivity contribution >= 4 is 0 Å². The van der Waals surface area contributed by atoms with Crippen molar-refractivity contribution in [1.29, 1.82) is 0 Å². The summed E-state index contributed by atoms with van der Waals surface area (Å²) in [6.45, 7) is 0.538. The van der Waals surface area contributed by atoms with Gasteiger partial charge in [-0.1, -0.05) is 6.92 Å². The summed E-state index contributed by atoms with van der Waals surface area (Å²) in [6, 6.07) is 0. The van der Waals surface area contributed by atoms with Crippen LogP contribution in [0.15, 0.2) is 0 Å². The molecule has 23 heavy (non-hydrogen) atoms. The minimum absolute atomic E-state index is 0.417. The standard InChI is InChI=1S/C13H24O10/c1-4-5(2-14)22-13(10(19)7(4)16)23-11-6(3-15)21-12(20)9(18)8(11)17/h4-20H,2-3H2,1H3/t4-,5?,6?,7+,8-,9?,10?,11-,12+,13-/m0/s1. The number of ether oxygens (including phenoxy) is 3. The quantitative estimate of drug-likeness (QED) is 0.267. The highest BCUT2D eigenvalue weighted by atomic mass is 16.7. The van der Waals surface area contributed by atoms with Crippen molar-refractivity contribution in [2.75, 3.05) is 13.2 Å². The molecule has 2 aliphatic heterocycles. The molecule has 0 aromatic carbocycles. The molecule has 0 aromatic heterocycles. The minimum Gasteiger partial charge on any atom is -0.394 e. The molecule has 0 radical (unpaired) electrons. The molecule has 10 nitrogen and oxygen atoms in total. The van der Waals surface area contributed by atoms with Crippen LogP contribution in [0.4, 0.5) is 0 Å². The average molecular weight is 340 g/mol. The second kappa shape index (κ2) is 7.66. The topological polar surface area (TPSA) is 169 Å². The van der Waals surface area contributed by atoms with E-state index in [0.29, 0.717) is 0 Å². The van der Waals surface area contributed by atoms with Gasteiger partial charge in [0.15, 0.2) is 12.6 Å². The number of hydrogen-bond donors (Lipinski definition) is 7. The Bertz CT molecular complexity index is 378. The summed E-state index contributed by atoms with van der Waals surface area (Å²) in [4.78, 5) is 0. The molecule has 7 N–H and O–H groups in total.